The molecule has 1 unspecified atom stereocenters. The van der Waals surface area contributed by atoms with E-state index in [1.165, 1.54) is 0 Å². The Morgan fingerprint density at radius 1 is 1.35 bits per heavy atom. The van der Waals surface area contributed by atoms with E-state index in [1.54, 1.807) is 6.07 Å². The van der Waals surface area contributed by atoms with Crippen molar-refractivity contribution in [1.29, 1.82) is 0 Å². The van der Waals surface area contributed by atoms with Crippen LogP contribution in [-0.4, -0.2) is 12.7 Å². The first-order valence-corrected chi connectivity index (χ1v) is 8.04. The second-order valence-electron chi connectivity index (χ2n) is 4.68. The van der Waals surface area contributed by atoms with Gasteiger partial charge in [0.05, 0.1) is 0 Å². The Hall–Kier alpha value is -0.0100. The van der Waals surface area contributed by atoms with Crippen LogP contribution in [0.4, 0.5) is 13.2 Å². The predicted octanol–water partition coefficient (Wildman–Crippen LogP) is 5.72. The molecule has 0 aromatic heterocycles. The monoisotopic (exact) mass is 419 g/mol. The van der Waals surface area contributed by atoms with Gasteiger partial charge in [0.2, 0.25) is 0 Å². The first kappa shape index (κ1) is 18.0. The maximum Gasteiger partial charge on any atom is 0.389 e. The third-order valence-electron chi connectivity index (χ3n) is 2.93. The van der Waals surface area contributed by atoms with Crippen molar-refractivity contribution in [1.82, 2.24) is 5.32 Å². The highest BCUT2D eigenvalue weighted by Gasteiger charge is 2.27. The summed E-state index contributed by atoms with van der Waals surface area (Å²) >= 11 is 8.18. The summed E-state index contributed by atoms with van der Waals surface area (Å²) in [6.07, 6.45) is -3.32. The predicted molar refractivity (Wildman–Crippen MR) is 85.1 cm³/mol. The maximum atomic E-state index is 12.3. The van der Waals surface area contributed by atoms with Crippen molar-refractivity contribution in [3.05, 3.63) is 32.4 Å². The molecule has 6 heteroatoms. The zero-order chi connectivity index (χ0) is 15.2. The fourth-order valence-corrected chi connectivity index (χ4v) is 2.87. The van der Waals surface area contributed by atoms with Gasteiger partial charge in [-0.3, -0.25) is 0 Å². The SMILES string of the molecule is CCCNC(CCCC(F)(F)F)c1cc(Cl)ccc1I. The minimum Gasteiger partial charge on any atom is -0.310 e. The molecular weight excluding hydrogens is 402 g/mol. The molecule has 0 amide bonds. The molecule has 0 heterocycles. The van der Waals surface area contributed by atoms with E-state index >= 15 is 0 Å². The molecule has 1 aromatic carbocycles. The molecular formula is C14H18ClF3IN. The van der Waals surface area contributed by atoms with Crippen molar-refractivity contribution < 1.29 is 13.2 Å². The molecule has 0 fully saturated rings. The van der Waals surface area contributed by atoms with Crippen LogP contribution in [0.3, 0.4) is 0 Å². The molecule has 0 spiro atoms. The summed E-state index contributed by atoms with van der Waals surface area (Å²) < 4.78 is 37.8. The zero-order valence-corrected chi connectivity index (χ0v) is 14.1. The maximum absolute atomic E-state index is 12.3. The van der Waals surface area contributed by atoms with E-state index in [0.29, 0.717) is 11.4 Å². The molecule has 0 aliphatic heterocycles. The van der Waals surface area contributed by atoms with Crippen LogP contribution in [-0.2, 0) is 0 Å². The standard InChI is InChI=1S/C14H18ClF3IN/c1-2-8-20-13(4-3-7-14(16,17)18)11-9-10(15)5-6-12(11)19/h5-6,9,13,20H,2-4,7-8H2,1H3. The second kappa shape index (κ2) is 8.44. The van der Waals surface area contributed by atoms with E-state index < -0.39 is 12.6 Å². The fraction of sp³-hybridized carbons (Fsp3) is 0.571. The minimum absolute atomic E-state index is 0.0806. The van der Waals surface area contributed by atoms with E-state index in [4.69, 9.17) is 11.6 Å². The van der Waals surface area contributed by atoms with Gasteiger partial charge >= 0.3 is 6.18 Å². The summed E-state index contributed by atoms with van der Waals surface area (Å²) in [6, 6.07) is 5.44. The van der Waals surface area contributed by atoms with Crippen LogP contribution in [0.5, 0.6) is 0 Å². The van der Waals surface area contributed by atoms with E-state index in [9.17, 15) is 13.2 Å². The Morgan fingerprint density at radius 3 is 2.65 bits per heavy atom. The molecule has 1 nitrogen and oxygen atoms in total. The van der Waals surface area contributed by atoms with Crippen LogP contribution in [0.15, 0.2) is 18.2 Å². The molecule has 0 saturated heterocycles. The molecule has 1 aromatic rings. The summed E-state index contributed by atoms with van der Waals surface area (Å²) in [5, 5.41) is 3.92. The van der Waals surface area contributed by atoms with Crippen LogP contribution in [0, 0.1) is 3.57 Å². The summed E-state index contributed by atoms with van der Waals surface area (Å²) in [4.78, 5) is 0. The first-order chi connectivity index (χ1) is 9.33. The van der Waals surface area contributed by atoms with Crippen molar-refractivity contribution >= 4 is 34.2 Å². The Kier molecular flexibility index (Phi) is 7.61. The molecule has 1 N–H and O–H groups in total. The highest BCUT2D eigenvalue weighted by Crippen LogP contribution is 2.30. The molecule has 0 bridgehead atoms. The summed E-state index contributed by atoms with van der Waals surface area (Å²) in [5.74, 6) is 0. The van der Waals surface area contributed by atoms with E-state index in [2.05, 4.69) is 27.9 Å². The van der Waals surface area contributed by atoms with Crippen molar-refractivity contribution in [3.63, 3.8) is 0 Å². The lowest BCUT2D eigenvalue weighted by Gasteiger charge is -2.21. The van der Waals surface area contributed by atoms with Gasteiger partial charge in [-0.2, -0.15) is 13.2 Å². The summed E-state index contributed by atoms with van der Waals surface area (Å²) in [7, 11) is 0. The minimum atomic E-state index is -4.09. The van der Waals surface area contributed by atoms with Gasteiger partial charge in [0.1, 0.15) is 0 Å². The van der Waals surface area contributed by atoms with Crippen molar-refractivity contribution in [2.24, 2.45) is 0 Å². The van der Waals surface area contributed by atoms with Gasteiger partial charge in [0.25, 0.3) is 0 Å². The summed E-state index contributed by atoms with van der Waals surface area (Å²) in [6.45, 7) is 2.81. The van der Waals surface area contributed by atoms with Crippen molar-refractivity contribution in [2.75, 3.05) is 6.54 Å². The van der Waals surface area contributed by atoms with E-state index in [0.717, 1.165) is 22.1 Å². The van der Waals surface area contributed by atoms with Crippen LogP contribution in [0.2, 0.25) is 5.02 Å². The number of hydrogen-bond acceptors (Lipinski definition) is 1. The van der Waals surface area contributed by atoms with Gasteiger partial charge in [-0.15, -0.1) is 0 Å². The molecule has 0 aliphatic carbocycles. The third kappa shape index (κ3) is 6.63. The topological polar surface area (TPSA) is 12.0 Å². The van der Waals surface area contributed by atoms with Gasteiger partial charge in [-0.1, -0.05) is 18.5 Å². The van der Waals surface area contributed by atoms with Crippen LogP contribution < -0.4 is 5.32 Å². The van der Waals surface area contributed by atoms with Gasteiger partial charge < -0.3 is 5.32 Å². The second-order valence-corrected chi connectivity index (χ2v) is 6.28. The highest BCUT2D eigenvalue weighted by atomic mass is 127. The molecule has 1 rings (SSSR count). The highest BCUT2D eigenvalue weighted by molar-refractivity contribution is 14.1. The zero-order valence-electron chi connectivity index (χ0n) is 11.2. The van der Waals surface area contributed by atoms with Gasteiger partial charge in [0, 0.05) is 21.1 Å². The van der Waals surface area contributed by atoms with Crippen molar-refractivity contribution in [2.45, 2.75) is 44.8 Å². The Bertz CT molecular complexity index is 423. The van der Waals surface area contributed by atoms with E-state index in [-0.39, 0.29) is 12.5 Å². The third-order valence-corrected chi connectivity index (χ3v) is 4.14. The molecule has 0 saturated carbocycles. The number of halogens is 5. The number of hydrogen-bond donors (Lipinski definition) is 1. The normalized spacial score (nSPS) is 13.5. The quantitative estimate of drug-likeness (QED) is 0.558. The number of benzene rings is 1. The van der Waals surface area contributed by atoms with Crippen LogP contribution in [0.1, 0.15) is 44.2 Å². The van der Waals surface area contributed by atoms with Gasteiger partial charge in [-0.25, -0.2) is 0 Å². The lowest BCUT2D eigenvalue weighted by atomic mass is 10.0. The summed E-state index contributed by atoms with van der Waals surface area (Å²) in [5.41, 5.74) is 0.980. The van der Waals surface area contributed by atoms with Crippen molar-refractivity contribution in [3.8, 4) is 0 Å². The molecule has 20 heavy (non-hydrogen) atoms. The number of alkyl halides is 3. The van der Waals surface area contributed by atoms with Gasteiger partial charge in [-0.05, 0) is 72.2 Å². The molecule has 114 valence electrons. The largest absolute Gasteiger partial charge is 0.389 e. The number of nitrogens with one attached hydrogen (secondary N) is 1. The lowest BCUT2D eigenvalue weighted by Crippen LogP contribution is -2.23. The fourth-order valence-electron chi connectivity index (χ4n) is 1.97. The Balaban J connectivity index is 2.75. The Morgan fingerprint density at radius 2 is 2.05 bits per heavy atom. The smallest absolute Gasteiger partial charge is 0.310 e. The van der Waals surface area contributed by atoms with Crippen LogP contribution >= 0.6 is 34.2 Å². The number of rotatable bonds is 7. The molecule has 0 radical (unpaired) electrons. The van der Waals surface area contributed by atoms with Crippen LogP contribution in [0.25, 0.3) is 0 Å². The lowest BCUT2D eigenvalue weighted by molar-refractivity contribution is -0.135. The molecule has 0 aliphatic rings. The first-order valence-electron chi connectivity index (χ1n) is 6.58. The Labute approximate surface area is 136 Å². The molecule has 1 atom stereocenters. The average Bonchev–Trinajstić information content (AvgIpc) is 2.35. The average molecular weight is 420 g/mol. The van der Waals surface area contributed by atoms with Gasteiger partial charge in [0.15, 0.2) is 0 Å². The van der Waals surface area contributed by atoms with E-state index in [1.807, 2.05) is 19.1 Å².